The molecule has 1 aliphatic carbocycles. The summed E-state index contributed by atoms with van der Waals surface area (Å²) < 4.78 is 2.11. The van der Waals surface area contributed by atoms with E-state index in [0.29, 0.717) is 32.0 Å². The van der Waals surface area contributed by atoms with E-state index in [2.05, 4.69) is 21.7 Å². The van der Waals surface area contributed by atoms with Crippen LogP contribution in [0.5, 0.6) is 0 Å². The summed E-state index contributed by atoms with van der Waals surface area (Å²) in [6.45, 7) is 5.45. The van der Waals surface area contributed by atoms with Crippen LogP contribution in [0.15, 0.2) is 0 Å². The Morgan fingerprint density at radius 2 is 2.09 bits per heavy atom. The van der Waals surface area contributed by atoms with Crippen molar-refractivity contribution in [3.05, 3.63) is 11.6 Å². The summed E-state index contributed by atoms with van der Waals surface area (Å²) in [6, 6.07) is 0. The molecule has 23 heavy (non-hydrogen) atoms. The van der Waals surface area contributed by atoms with Crippen LogP contribution in [0, 0.1) is 11.8 Å². The van der Waals surface area contributed by atoms with Gasteiger partial charge in [0.1, 0.15) is 5.82 Å². The second kappa shape index (κ2) is 5.62. The topological polar surface area (TPSA) is 71.3 Å². The number of carbonyl (C=O) groups excluding carboxylic acids is 2. The van der Waals surface area contributed by atoms with Gasteiger partial charge in [0.2, 0.25) is 11.8 Å². The molecule has 1 saturated carbocycles. The van der Waals surface area contributed by atoms with E-state index in [4.69, 9.17) is 0 Å². The van der Waals surface area contributed by atoms with Crippen molar-refractivity contribution in [2.75, 3.05) is 19.6 Å². The second-order valence-corrected chi connectivity index (χ2v) is 6.94. The number of nitrogens with zero attached hydrogens (tertiary/aromatic N) is 5. The molecule has 124 valence electrons. The van der Waals surface area contributed by atoms with Crippen molar-refractivity contribution >= 4 is 11.8 Å². The maximum Gasteiger partial charge on any atom is 0.228 e. The van der Waals surface area contributed by atoms with E-state index in [9.17, 15) is 9.59 Å². The molecule has 1 saturated heterocycles. The fraction of sp³-hybridized carbons (Fsp3) is 0.750. The number of hydrogen-bond acceptors (Lipinski definition) is 4. The zero-order valence-electron chi connectivity index (χ0n) is 13.6. The Morgan fingerprint density at radius 1 is 1.26 bits per heavy atom. The van der Waals surface area contributed by atoms with Crippen LogP contribution < -0.4 is 0 Å². The number of aromatic nitrogens is 3. The Hall–Kier alpha value is -1.92. The third kappa shape index (κ3) is 2.72. The molecule has 2 fully saturated rings. The molecular formula is C16H23N5O2. The molecule has 0 spiro atoms. The monoisotopic (exact) mass is 317 g/mol. The second-order valence-electron chi connectivity index (χ2n) is 6.94. The van der Waals surface area contributed by atoms with Crippen molar-refractivity contribution in [2.24, 2.45) is 11.8 Å². The van der Waals surface area contributed by atoms with Gasteiger partial charge in [0.25, 0.3) is 0 Å². The van der Waals surface area contributed by atoms with Gasteiger partial charge in [-0.25, -0.2) is 0 Å². The van der Waals surface area contributed by atoms with Crippen LogP contribution in [0.3, 0.4) is 0 Å². The van der Waals surface area contributed by atoms with E-state index in [-0.39, 0.29) is 17.7 Å². The first-order chi connectivity index (χ1) is 11.2. The number of amides is 2. The summed E-state index contributed by atoms with van der Waals surface area (Å²) in [6.07, 6.45) is 3.68. The summed E-state index contributed by atoms with van der Waals surface area (Å²) in [7, 11) is 0. The molecule has 3 heterocycles. The van der Waals surface area contributed by atoms with Crippen molar-refractivity contribution < 1.29 is 9.59 Å². The first-order valence-electron chi connectivity index (χ1n) is 8.63. The average molecular weight is 317 g/mol. The quantitative estimate of drug-likeness (QED) is 0.808. The van der Waals surface area contributed by atoms with Gasteiger partial charge >= 0.3 is 0 Å². The lowest BCUT2D eigenvalue weighted by molar-refractivity contribution is -0.137. The van der Waals surface area contributed by atoms with E-state index < -0.39 is 0 Å². The molecule has 0 bridgehead atoms. The summed E-state index contributed by atoms with van der Waals surface area (Å²) in [5.74, 6) is 2.59. The number of carbonyl (C=O) groups is 2. The van der Waals surface area contributed by atoms with Gasteiger partial charge in [0.05, 0.1) is 12.5 Å². The molecule has 1 aromatic rings. The SMILES string of the molecule is CCc1nnc2n1CCN(C(=O)[C@@H]1CC(=O)N(CC3CC3)C1)C2. The molecule has 7 nitrogen and oxygen atoms in total. The first kappa shape index (κ1) is 14.7. The molecule has 0 unspecified atom stereocenters. The van der Waals surface area contributed by atoms with Gasteiger partial charge in [-0.05, 0) is 18.8 Å². The van der Waals surface area contributed by atoms with Gasteiger partial charge in [0.15, 0.2) is 5.82 Å². The molecule has 1 atom stereocenters. The number of fused-ring (bicyclic) bond motifs is 1. The van der Waals surface area contributed by atoms with Crippen molar-refractivity contribution in [1.29, 1.82) is 0 Å². The molecule has 0 radical (unpaired) electrons. The van der Waals surface area contributed by atoms with Gasteiger partial charge in [-0.2, -0.15) is 0 Å². The maximum absolute atomic E-state index is 12.8. The van der Waals surface area contributed by atoms with Gasteiger partial charge in [-0.1, -0.05) is 6.92 Å². The standard InChI is InChI=1S/C16H23N5O2/c1-2-13-17-18-14-10-19(5-6-21(13)14)16(23)12-7-15(22)20(9-12)8-11-3-4-11/h11-12H,2-10H2,1H3/t12-/m1/s1. The van der Waals surface area contributed by atoms with Gasteiger partial charge < -0.3 is 14.4 Å². The van der Waals surface area contributed by atoms with E-state index in [0.717, 1.165) is 31.2 Å². The highest BCUT2D eigenvalue weighted by Crippen LogP contribution is 2.32. The highest BCUT2D eigenvalue weighted by molar-refractivity contribution is 5.89. The van der Waals surface area contributed by atoms with E-state index in [1.807, 2.05) is 9.80 Å². The van der Waals surface area contributed by atoms with E-state index >= 15 is 0 Å². The number of hydrogen-bond donors (Lipinski definition) is 0. The summed E-state index contributed by atoms with van der Waals surface area (Å²) in [4.78, 5) is 28.6. The van der Waals surface area contributed by atoms with Crippen LogP contribution in [0.4, 0.5) is 0 Å². The Kier molecular flexibility index (Phi) is 3.58. The molecule has 2 aliphatic heterocycles. The lowest BCUT2D eigenvalue weighted by Gasteiger charge is -2.29. The summed E-state index contributed by atoms with van der Waals surface area (Å²) in [5, 5.41) is 8.39. The molecule has 2 amide bonds. The molecule has 4 rings (SSSR count). The van der Waals surface area contributed by atoms with Crippen LogP contribution in [0.25, 0.3) is 0 Å². The van der Waals surface area contributed by atoms with E-state index in [1.54, 1.807) is 0 Å². The third-order valence-corrected chi connectivity index (χ3v) is 5.20. The van der Waals surface area contributed by atoms with Crippen molar-refractivity contribution in [2.45, 2.75) is 45.7 Å². The maximum atomic E-state index is 12.8. The fourth-order valence-electron chi connectivity index (χ4n) is 3.65. The van der Waals surface area contributed by atoms with Crippen molar-refractivity contribution in [3.63, 3.8) is 0 Å². The highest BCUT2D eigenvalue weighted by Gasteiger charge is 2.39. The number of aryl methyl sites for hydroxylation is 1. The van der Waals surface area contributed by atoms with Crippen molar-refractivity contribution in [3.8, 4) is 0 Å². The smallest absolute Gasteiger partial charge is 0.228 e. The molecular weight excluding hydrogens is 294 g/mol. The highest BCUT2D eigenvalue weighted by atomic mass is 16.2. The predicted molar refractivity (Wildman–Crippen MR) is 82.2 cm³/mol. The molecule has 1 aromatic heterocycles. The zero-order valence-corrected chi connectivity index (χ0v) is 13.6. The number of likely N-dealkylation sites (tertiary alicyclic amines) is 1. The summed E-state index contributed by atoms with van der Waals surface area (Å²) in [5.41, 5.74) is 0. The average Bonchev–Trinajstić information content (AvgIpc) is 3.16. The first-order valence-corrected chi connectivity index (χ1v) is 8.63. The Labute approximate surface area is 135 Å². The van der Waals surface area contributed by atoms with Crippen LogP contribution >= 0.6 is 0 Å². The third-order valence-electron chi connectivity index (χ3n) is 5.20. The number of rotatable bonds is 4. The Balaban J connectivity index is 1.40. The van der Waals surface area contributed by atoms with E-state index in [1.165, 1.54) is 12.8 Å². The minimum absolute atomic E-state index is 0.101. The molecule has 0 aromatic carbocycles. The van der Waals surface area contributed by atoms with Gasteiger partial charge in [-0.3, -0.25) is 9.59 Å². The largest absolute Gasteiger partial charge is 0.342 e. The lowest BCUT2D eigenvalue weighted by atomic mass is 10.1. The van der Waals surface area contributed by atoms with Crippen LogP contribution in [-0.2, 0) is 29.1 Å². The van der Waals surface area contributed by atoms with Crippen molar-refractivity contribution in [1.82, 2.24) is 24.6 Å². The van der Waals surface area contributed by atoms with Crippen LogP contribution in [0.2, 0.25) is 0 Å². The predicted octanol–water partition coefficient (Wildman–Crippen LogP) is 0.441. The lowest BCUT2D eigenvalue weighted by Crippen LogP contribution is -2.42. The summed E-state index contributed by atoms with van der Waals surface area (Å²) >= 11 is 0. The minimum Gasteiger partial charge on any atom is -0.342 e. The normalized spacial score (nSPS) is 24.2. The zero-order chi connectivity index (χ0) is 16.0. The van der Waals surface area contributed by atoms with Crippen LogP contribution in [-0.4, -0.2) is 56.0 Å². The van der Waals surface area contributed by atoms with Crippen LogP contribution in [0.1, 0.15) is 37.8 Å². The molecule has 7 heteroatoms. The molecule has 0 N–H and O–H groups in total. The van der Waals surface area contributed by atoms with Gasteiger partial charge in [-0.15, -0.1) is 10.2 Å². The molecule has 3 aliphatic rings. The fourth-order valence-corrected chi connectivity index (χ4v) is 3.65. The Morgan fingerprint density at radius 3 is 2.83 bits per heavy atom. The minimum atomic E-state index is -0.179. The van der Waals surface area contributed by atoms with Gasteiger partial charge in [0, 0.05) is 39.0 Å². The Bertz CT molecular complexity index is 636.